The molecule has 0 aliphatic carbocycles. The van der Waals surface area contributed by atoms with Crippen molar-refractivity contribution in [3.05, 3.63) is 40.3 Å². The fraction of sp³-hybridized carbons (Fsp3) is 0.500. The topological polar surface area (TPSA) is 121 Å². The van der Waals surface area contributed by atoms with Crippen molar-refractivity contribution in [3.8, 4) is 17.5 Å². The minimum absolute atomic E-state index is 0.0700. The molecule has 4 rings (SSSR count). The maximum absolute atomic E-state index is 13.9. The zero-order valence-electron chi connectivity index (χ0n) is 18.2. The number of amides is 1. The van der Waals surface area contributed by atoms with E-state index in [4.69, 9.17) is 9.47 Å². The summed E-state index contributed by atoms with van der Waals surface area (Å²) in [6.07, 6.45) is -3.14. The van der Waals surface area contributed by atoms with Gasteiger partial charge in [0.15, 0.2) is 11.6 Å². The van der Waals surface area contributed by atoms with Crippen LogP contribution in [0, 0.1) is 15.9 Å². The Balaban J connectivity index is 1.24. The quantitative estimate of drug-likeness (QED) is 0.348. The number of nitro groups is 1. The zero-order valence-corrected chi connectivity index (χ0v) is 18.2. The normalized spacial score (nSPS) is 18.9. The van der Waals surface area contributed by atoms with E-state index >= 15 is 0 Å². The van der Waals surface area contributed by atoms with Crippen molar-refractivity contribution in [1.29, 1.82) is 0 Å². The Bertz CT molecular complexity index is 1090. The van der Waals surface area contributed by atoms with Crippen LogP contribution in [0.15, 0.2) is 24.4 Å². The minimum atomic E-state index is -4.99. The van der Waals surface area contributed by atoms with Gasteiger partial charge in [0.05, 0.1) is 13.2 Å². The second-order valence-electron chi connectivity index (χ2n) is 8.00. The van der Waals surface area contributed by atoms with Gasteiger partial charge >= 0.3 is 18.2 Å². The monoisotopic (exact) mass is 503 g/mol. The first-order valence-corrected chi connectivity index (χ1v) is 10.7. The molecule has 15 heteroatoms. The summed E-state index contributed by atoms with van der Waals surface area (Å²) in [5.74, 6) is -2.69. The van der Waals surface area contributed by atoms with Gasteiger partial charge in [-0.3, -0.25) is 14.3 Å². The SMILES string of the molecule is O=C(CN1CCC(Oc2ccc(OC(F)(F)F)c(F)c2)CC1)N[C@@H]1CCOc2nc([N+](=O)[O-])cn21. The lowest BCUT2D eigenvalue weighted by Gasteiger charge is -2.32. The number of piperidine rings is 1. The average Bonchev–Trinajstić information content (AvgIpc) is 3.22. The number of ether oxygens (including phenoxy) is 3. The summed E-state index contributed by atoms with van der Waals surface area (Å²) in [5, 5.41) is 13.8. The Hall–Kier alpha value is -3.62. The summed E-state index contributed by atoms with van der Waals surface area (Å²) >= 11 is 0. The summed E-state index contributed by atoms with van der Waals surface area (Å²) in [6, 6.07) is 2.96. The predicted molar refractivity (Wildman–Crippen MR) is 109 cm³/mol. The number of nitrogens with zero attached hydrogens (tertiary/aromatic N) is 4. The van der Waals surface area contributed by atoms with Crippen LogP contribution in [-0.2, 0) is 4.79 Å². The number of likely N-dealkylation sites (tertiary alicyclic amines) is 1. The molecule has 2 aliphatic heterocycles. The number of fused-ring (bicyclic) bond motifs is 1. The van der Waals surface area contributed by atoms with Crippen LogP contribution in [0.2, 0.25) is 0 Å². The molecule has 1 aromatic carbocycles. The Morgan fingerprint density at radius 1 is 1.29 bits per heavy atom. The van der Waals surface area contributed by atoms with E-state index in [1.54, 1.807) is 0 Å². The van der Waals surface area contributed by atoms with E-state index in [0.29, 0.717) is 32.4 Å². The minimum Gasteiger partial charge on any atom is -0.490 e. The molecular formula is C20H21F4N5O6. The van der Waals surface area contributed by atoms with Crippen molar-refractivity contribution in [2.45, 2.75) is 37.9 Å². The zero-order chi connectivity index (χ0) is 25.2. The first-order valence-electron chi connectivity index (χ1n) is 10.7. The number of hydrogen-bond acceptors (Lipinski definition) is 8. The largest absolute Gasteiger partial charge is 0.573 e. The highest BCUT2D eigenvalue weighted by atomic mass is 19.4. The van der Waals surface area contributed by atoms with Crippen LogP contribution in [0.3, 0.4) is 0 Å². The number of hydrogen-bond donors (Lipinski definition) is 1. The molecule has 0 bridgehead atoms. The van der Waals surface area contributed by atoms with Gasteiger partial charge in [0.2, 0.25) is 5.91 Å². The number of carbonyl (C=O) groups is 1. The van der Waals surface area contributed by atoms with E-state index in [0.717, 1.165) is 12.1 Å². The molecule has 0 saturated carbocycles. The third-order valence-electron chi connectivity index (χ3n) is 5.49. The second kappa shape index (κ2) is 9.93. The van der Waals surface area contributed by atoms with E-state index < -0.39 is 29.0 Å². The lowest BCUT2D eigenvalue weighted by atomic mass is 10.1. The van der Waals surface area contributed by atoms with Gasteiger partial charge in [-0.2, -0.15) is 0 Å². The van der Waals surface area contributed by atoms with Crippen LogP contribution < -0.4 is 19.5 Å². The van der Waals surface area contributed by atoms with E-state index in [1.165, 1.54) is 16.8 Å². The number of benzene rings is 1. The molecule has 0 unspecified atom stereocenters. The van der Waals surface area contributed by atoms with Crippen molar-refractivity contribution in [1.82, 2.24) is 19.8 Å². The first-order chi connectivity index (χ1) is 16.6. The van der Waals surface area contributed by atoms with Crippen molar-refractivity contribution in [3.63, 3.8) is 0 Å². The van der Waals surface area contributed by atoms with Gasteiger partial charge in [0, 0.05) is 30.6 Å². The molecule has 3 heterocycles. The standard InChI is InChI=1S/C20H21F4N5O6/c21-14-9-13(1-2-15(14)35-20(22,23)24)34-12-3-6-27(7-4-12)11-18(30)25-16-5-8-33-19-26-17(29(31)32)10-28(16)19/h1-2,9-10,12,16H,3-8,11H2,(H,25,30)/t16-/m0/s1. The van der Waals surface area contributed by atoms with E-state index in [9.17, 15) is 32.5 Å². The van der Waals surface area contributed by atoms with Crippen LogP contribution in [0.25, 0.3) is 0 Å². The van der Waals surface area contributed by atoms with Crippen LogP contribution >= 0.6 is 0 Å². The molecule has 35 heavy (non-hydrogen) atoms. The first kappa shape index (κ1) is 24.5. The fourth-order valence-electron chi connectivity index (χ4n) is 3.90. The van der Waals surface area contributed by atoms with Crippen LogP contribution in [0.1, 0.15) is 25.4 Å². The highest BCUT2D eigenvalue weighted by Crippen LogP contribution is 2.30. The Morgan fingerprint density at radius 3 is 2.69 bits per heavy atom. The van der Waals surface area contributed by atoms with E-state index in [1.807, 2.05) is 4.90 Å². The molecule has 1 saturated heterocycles. The summed E-state index contributed by atoms with van der Waals surface area (Å²) in [6.45, 7) is 1.36. The van der Waals surface area contributed by atoms with Crippen molar-refractivity contribution in [2.24, 2.45) is 0 Å². The highest BCUT2D eigenvalue weighted by Gasteiger charge is 2.33. The number of aromatic nitrogens is 2. The number of nitrogens with one attached hydrogen (secondary N) is 1. The van der Waals surface area contributed by atoms with Gasteiger partial charge < -0.3 is 29.6 Å². The van der Waals surface area contributed by atoms with E-state index in [2.05, 4.69) is 15.0 Å². The molecule has 190 valence electrons. The maximum Gasteiger partial charge on any atom is 0.573 e. The van der Waals surface area contributed by atoms with Gasteiger partial charge in [0.25, 0.3) is 0 Å². The molecule has 0 spiro atoms. The summed E-state index contributed by atoms with van der Waals surface area (Å²) in [4.78, 5) is 28.5. The number of alkyl halides is 3. The van der Waals surface area contributed by atoms with Crippen molar-refractivity contribution < 1.29 is 41.5 Å². The number of halogens is 4. The molecule has 2 aromatic rings. The van der Waals surface area contributed by atoms with Crippen LogP contribution in [0.4, 0.5) is 23.4 Å². The molecule has 1 fully saturated rings. The molecule has 11 nitrogen and oxygen atoms in total. The average molecular weight is 503 g/mol. The number of carbonyl (C=O) groups excluding carboxylic acids is 1. The number of imidazole rings is 1. The Kier molecular flexibility index (Phi) is 6.95. The third kappa shape index (κ3) is 6.29. The second-order valence-corrected chi connectivity index (χ2v) is 8.00. The lowest BCUT2D eigenvalue weighted by Crippen LogP contribution is -2.45. The molecule has 1 N–H and O–H groups in total. The van der Waals surface area contributed by atoms with Crippen molar-refractivity contribution >= 4 is 11.7 Å². The molecule has 1 aromatic heterocycles. The summed E-state index contributed by atoms with van der Waals surface area (Å²) in [7, 11) is 0. The lowest BCUT2D eigenvalue weighted by molar-refractivity contribution is -0.389. The predicted octanol–water partition coefficient (Wildman–Crippen LogP) is 2.77. The third-order valence-corrected chi connectivity index (χ3v) is 5.49. The van der Waals surface area contributed by atoms with Gasteiger partial charge in [-0.1, -0.05) is 0 Å². The van der Waals surface area contributed by atoms with Gasteiger partial charge in [0.1, 0.15) is 24.2 Å². The number of rotatable bonds is 7. The van der Waals surface area contributed by atoms with Crippen LogP contribution in [-0.4, -0.2) is 64.0 Å². The Morgan fingerprint density at radius 2 is 2.03 bits per heavy atom. The van der Waals surface area contributed by atoms with Crippen LogP contribution in [0.5, 0.6) is 17.5 Å². The maximum atomic E-state index is 13.9. The highest BCUT2D eigenvalue weighted by molar-refractivity contribution is 5.78. The van der Waals surface area contributed by atoms with E-state index in [-0.39, 0.29) is 42.7 Å². The Labute approximate surface area is 195 Å². The summed E-state index contributed by atoms with van der Waals surface area (Å²) in [5.41, 5.74) is 0. The van der Waals surface area contributed by atoms with Gasteiger partial charge in [-0.05, 0) is 29.9 Å². The smallest absolute Gasteiger partial charge is 0.490 e. The molecule has 2 aliphatic rings. The van der Waals surface area contributed by atoms with Gasteiger partial charge in [-0.15, -0.1) is 13.2 Å². The van der Waals surface area contributed by atoms with Gasteiger partial charge in [-0.25, -0.2) is 4.39 Å². The summed E-state index contributed by atoms with van der Waals surface area (Å²) < 4.78 is 66.6. The fourth-order valence-corrected chi connectivity index (χ4v) is 3.90. The molecule has 1 amide bonds. The molecule has 0 radical (unpaired) electrons. The molecule has 1 atom stereocenters. The van der Waals surface area contributed by atoms with Crippen molar-refractivity contribution in [2.75, 3.05) is 26.2 Å². The molecular weight excluding hydrogens is 482 g/mol.